The first-order valence-electron chi connectivity index (χ1n) is 9.88. The lowest BCUT2D eigenvalue weighted by Gasteiger charge is -2.23. The van der Waals surface area contributed by atoms with E-state index in [-0.39, 0.29) is 0 Å². The van der Waals surface area contributed by atoms with Crippen LogP contribution < -0.4 is 4.90 Å². The van der Waals surface area contributed by atoms with Crippen molar-refractivity contribution >= 4 is 49.9 Å². The van der Waals surface area contributed by atoms with E-state index in [2.05, 4.69) is 18.7 Å². The number of thioether (sulfide) groups is 1. The number of fused-ring (bicyclic) bond motifs is 3. The van der Waals surface area contributed by atoms with Crippen LogP contribution in [0.25, 0.3) is 10.2 Å². The van der Waals surface area contributed by atoms with Gasteiger partial charge in [0.25, 0.3) is 0 Å². The van der Waals surface area contributed by atoms with Crippen LogP contribution in [0.2, 0.25) is 0 Å². The van der Waals surface area contributed by atoms with E-state index in [1.54, 1.807) is 11.8 Å². The lowest BCUT2D eigenvalue weighted by molar-refractivity contribution is -0.922. The second-order valence-electron chi connectivity index (χ2n) is 7.06. The van der Waals surface area contributed by atoms with Gasteiger partial charge in [-0.1, -0.05) is 12.2 Å². The van der Waals surface area contributed by atoms with E-state index < -0.39 is 0 Å². The number of thiophene rings is 1. The minimum Gasteiger partial charge on any atom is -0.370 e. The van der Waals surface area contributed by atoms with Crippen molar-refractivity contribution in [1.29, 1.82) is 0 Å². The summed E-state index contributed by atoms with van der Waals surface area (Å²) >= 11 is 9.26. The van der Waals surface area contributed by atoms with Gasteiger partial charge in [-0.25, -0.2) is 9.97 Å². The van der Waals surface area contributed by atoms with Crippen molar-refractivity contribution in [2.24, 2.45) is 0 Å². The topological polar surface area (TPSA) is 42.7 Å². The van der Waals surface area contributed by atoms with Gasteiger partial charge in [0.2, 0.25) is 0 Å². The van der Waals surface area contributed by atoms with Crippen molar-refractivity contribution < 1.29 is 9.64 Å². The van der Waals surface area contributed by atoms with Crippen LogP contribution in [0.15, 0.2) is 5.03 Å². The van der Waals surface area contributed by atoms with Crippen molar-refractivity contribution in [2.75, 3.05) is 39.4 Å². The quantitative estimate of drug-likeness (QED) is 0.452. The molecule has 0 radical (unpaired) electrons. The SMILES string of the molecule is CCN(CC)C(=S)Sc1nc(C[NH+]2CCOCC2)nc2sc3c(c12)CCC3. The molecule has 4 rings (SSSR count). The fraction of sp³-hybridized carbons (Fsp3) is 0.632. The van der Waals surface area contributed by atoms with Gasteiger partial charge in [0.15, 0.2) is 5.82 Å². The van der Waals surface area contributed by atoms with Gasteiger partial charge in [0.1, 0.15) is 33.8 Å². The van der Waals surface area contributed by atoms with Crippen LogP contribution in [-0.4, -0.2) is 58.6 Å². The summed E-state index contributed by atoms with van der Waals surface area (Å²) < 4.78 is 6.41. The zero-order valence-electron chi connectivity index (χ0n) is 16.0. The van der Waals surface area contributed by atoms with Crippen LogP contribution in [0, 0.1) is 0 Å². The van der Waals surface area contributed by atoms with Gasteiger partial charge in [0, 0.05) is 23.4 Å². The van der Waals surface area contributed by atoms with E-state index in [0.717, 1.165) is 72.4 Å². The van der Waals surface area contributed by atoms with Crippen LogP contribution in [0.1, 0.15) is 36.5 Å². The molecule has 2 aromatic heterocycles. The Morgan fingerprint density at radius 1 is 1.22 bits per heavy atom. The highest BCUT2D eigenvalue weighted by Crippen LogP contribution is 2.41. The van der Waals surface area contributed by atoms with E-state index in [4.69, 9.17) is 26.9 Å². The van der Waals surface area contributed by atoms with Gasteiger partial charge >= 0.3 is 0 Å². The molecule has 0 spiro atoms. The Labute approximate surface area is 174 Å². The highest BCUT2D eigenvalue weighted by atomic mass is 32.2. The molecule has 146 valence electrons. The summed E-state index contributed by atoms with van der Waals surface area (Å²) in [5.41, 5.74) is 1.48. The smallest absolute Gasteiger partial charge is 0.186 e. The molecular weight excluding hydrogens is 396 g/mol. The number of aryl methyl sites for hydroxylation is 2. The highest BCUT2D eigenvalue weighted by Gasteiger charge is 2.25. The summed E-state index contributed by atoms with van der Waals surface area (Å²) in [6.45, 7) is 10.8. The van der Waals surface area contributed by atoms with Crippen LogP contribution in [0.3, 0.4) is 0 Å². The number of morpholine rings is 1. The molecule has 1 N–H and O–H groups in total. The summed E-state index contributed by atoms with van der Waals surface area (Å²) in [4.78, 5) is 16.4. The predicted molar refractivity (Wildman–Crippen MR) is 116 cm³/mol. The van der Waals surface area contributed by atoms with Crippen LogP contribution in [0.5, 0.6) is 0 Å². The number of thiocarbonyl (C=S) groups is 1. The van der Waals surface area contributed by atoms with Gasteiger partial charge in [-0.3, -0.25) is 0 Å². The Morgan fingerprint density at radius 3 is 2.74 bits per heavy atom. The maximum atomic E-state index is 5.74. The third kappa shape index (κ3) is 4.15. The second-order valence-corrected chi connectivity index (χ2v) is 9.77. The summed E-state index contributed by atoms with van der Waals surface area (Å²) in [7, 11) is 0. The Balaban J connectivity index is 1.68. The molecule has 0 saturated carbocycles. The molecular formula is C19H27N4OS3+. The lowest BCUT2D eigenvalue weighted by Crippen LogP contribution is -3.12. The molecule has 2 aromatic rings. The van der Waals surface area contributed by atoms with E-state index in [0.29, 0.717) is 0 Å². The number of nitrogens with zero attached hydrogens (tertiary/aromatic N) is 3. The summed E-state index contributed by atoms with van der Waals surface area (Å²) in [5.74, 6) is 0.948. The maximum absolute atomic E-state index is 5.74. The molecule has 27 heavy (non-hydrogen) atoms. The standard InChI is InChI=1S/C19H26N4OS3/c1-3-23(4-2)19(25)27-18-16-13-6-5-7-14(13)26-17(16)20-15(21-18)12-22-8-10-24-11-9-22/h3-12H2,1-2H3/p+1. The van der Waals surface area contributed by atoms with Gasteiger partial charge in [-0.05, 0) is 50.4 Å². The molecule has 3 heterocycles. The number of quaternary nitrogens is 1. The highest BCUT2D eigenvalue weighted by molar-refractivity contribution is 8.23. The first kappa shape index (κ1) is 19.5. The summed E-state index contributed by atoms with van der Waals surface area (Å²) in [6, 6.07) is 0. The number of ether oxygens (including phenoxy) is 1. The van der Waals surface area contributed by atoms with E-state index in [9.17, 15) is 0 Å². The predicted octanol–water partition coefficient (Wildman–Crippen LogP) is 2.31. The van der Waals surface area contributed by atoms with Gasteiger partial charge in [-0.2, -0.15) is 0 Å². The molecule has 5 nitrogen and oxygen atoms in total. The summed E-state index contributed by atoms with van der Waals surface area (Å²) in [6.07, 6.45) is 3.59. The fourth-order valence-electron chi connectivity index (χ4n) is 3.85. The van der Waals surface area contributed by atoms with E-state index in [1.165, 1.54) is 33.6 Å². The van der Waals surface area contributed by atoms with Crippen molar-refractivity contribution in [1.82, 2.24) is 14.9 Å². The number of nitrogens with one attached hydrogen (secondary N) is 1. The third-order valence-electron chi connectivity index (χ3n) is 5.39. The molecule has 1 fully saturated rings. The molecule has 8 heteroatoms. The van der Waals surface area contributed by atoms with Gasteiger partial charge in [0.05, 0.1) is 13.2 Å². The number of hydrogen-bond acceptors (Lipinski definition) is 6. The molecule has 1 aliphatic heterocycles. The number of hydrogen-bond donors (Lipinski definition) is 1. The zero-order valence-corrected chi connectivity index (χ0v) is 18.5. The van der Waals surface area contributed by atoms with Gasteiger partial charge in [-0.15, -0.1) is 11.3 Å². The molecule has 2 aliphatic rings. The average molecular weight is 424 g/mol. The normalized spacial score (nSPS) is 17.4. The fourth-order valence-corrected chi connectivity index (χ4v) is 6.71. The van der Waals surface area contributed by atoms with Gasteiger partial charge < -0.3 is 14.5 Å². The third-order valence-corrected chi connectivity index (χ3v) is 8.01. The molecule has 0 aromatic carbocycles. The Hall–Kier alpha value is -0.800. The van der Waals surface area contributed by atoms with Crippen LogP contribution in [0.4, 0.5) is 0 Å². The van der Waals surface area contributed by atoms with E-state index >= 15 is 0 Å². The lowest BCUT2D eigenvalue weighted by atomic mass is 10.2. The molecule has 0 unspecified atom stereocenters. The van der Waals surface area contributed by atoms with Crippen molar-refractivity contribution in [3.05, 3.63) is 16.3 Å². The zero-order chi connectivity index (χ0) is 18.8. The monoisotopic (exact) mass is 423 g/mol. The summed E-state index contributed by atoms with van der Waals surface area (Å²) in [5, 5.41) is 2.34. The molecule has 0 bridgehead atoms. The maximum Gasteiger partial charge on any atom is 0.186 e. The number of rotatable bonds is 5. The first-order valence-corrected chi connectivity index (χ1v) is 11.9. The van der Waals surface area contributed by atoms with Crippen LogP contribution in [-0.2, 0) is 24.1 Å². The minimum atomic E-state index is 0.832. The van der Waals surface area contributed by atoms with E-state index in [1.807, 2.05) is 11.3 Å². The molecule has 0 amide bonds. The largest absolute Gasteiger partial charge is 0.370 e. The molecule has 1 aliphatic carbocycles. The molecule has 0 atom stereocenters. The molecule has 1 saturated heterocycles. The Kier molecular flexibility index (Phi) is 6.28. The average Bonchev–Trinajstić information content (AvgIpc) is 3.24. The minimum absolute atomic E-state index is 0.832. The van der Waals surface area contributed by atoms with Crippen LogP contribution >= 0.6 is 35.3 Å². The van der Waals surface area contributed by atoms with Crippen molar-refractivity contribution in [3.63, 3.8) is 0 Å². The Bertz CT molecular complexity index is 828. The first-order chi connectivity index (χ1) is 13.2. The van der Waals surface area contributed by atoms with Crippen molar-refractivity contribution in [2.45, 2.75) is 44.7 Å². The number of aromatic nitrogens is 2. The van der Waals surface area contributed by atoms with Crippen molar-refractivity contribution in [3.8, 4) is 0 Å². The second kappa shape index (κ2) is 8.69. The Morgan fingerprint density at radius 2 is 2.00 bits per heavy atom.